The van der Waals surface area contributed by atoms with Gasteiger partial charge in [0.15, 0.2) is 0 Å². The summed E-state index contributed by atoms with van der Waals surface area (Å²) in [5.41, 5.74) is -0.367. The second kappa shape index (κ2) is 4.47. The first-order chi connectivity index (χ1) is 7.23. The van der Waals surface area contributed by atoms with Crippen molar-refractivity contribution >= 4 is 12.6 Å². The summed E-state index contributed by atoms with van der Waals surface area (Å²) in [6, 6.07) is 2.91. The van der Waals surface area contributed by atoms with Crippen LogP contribution in [-0.2, 0) is 6.18 Å². The van der Waals surface area contributed by atoms with Crippen LogP contribution in [0.25, 0.3) is 0 Å². The van der Waals surface area contributed by atoms with Crippen molar-refractivity contribution in [3.05, 3.63) is 29.3 Å². The Hall–Kier alpha value is -1.01. The predicted octanol–water partition coefficient (Wildman–Crippen LogP) is 1.51. The summed E-state index contributed by atoms with van der Waals surface area (Å²) in [6.45, 7) is 3.39. The second-order valence-corrected chi connectivity index (χ2v) is 3.87. The molecule has 1 aromatic rings. The molecule has 0 unspecified atom stereocenters. The van der Waals surface area contributed by atoms with Crippen molar-refractivity contribution in [2.45, 2.75) is 25.9 Å². The number of halogens is 3. The second-order valence-electron chi connectivity index (χ2n) is 3.87. The van der Waals surface area contributed by atoms with Gasteiger partial charge >= 0.3 is 13.3 Å². The highest BCUT2D eigenvalue weighted by molar-refractivity contribution is 6.59. The van der Waals surface area contributed by atoms with Crippen molar-refractivity contribution in [2.75, 3.05) is 0 Å². The van der Waals surface area contributed by atoms with Crippen LogP contribution >= 0.6 is 0 Å². The Morgan fingerprint density at radius 1 is 1.19 bits per heavy atom. The van der Waals surface area contributed by atoms with E-state index in [4.69, 9.17) is 10.0 Å². The molecule has 16 heavy (non-hydrogen) atoms. The Kier molecular flexibility index (Phi) is 3.65. The first-order valence-electron chi connectivity index (χ1n) is 4.80. The minimum atomic E-state index is -4.41. The summed E-state index contributed by atoms with van der Waals surface area (Å²) in [4.78, 5) is 0. The molecule has 0 fully saturated rings. The van der Waals surface area contributed by atoms with Crippen LogP contribution in [0.15, 0.2) is 18.2 Å². The van der Waals surface area contributed by atoms with E-state index in [0.29, 0.717) is 5.56 Å². The van der Waals surface area contributed by atoms with Gasteiger partial charge in [-0.05, 0) is 23.0 Å². The molecule has 2 nitrogen and oxygen atoms in total. The zero-order valence-electron chi connectivity index (χ0n) is 8.92. The Morgan fingerprint density at radius 3 is 2.12 bits per heavy atom. The number of alkyl halides is 3. The van der Waals surface area contributed by atoms with Gasteiger partial charge in [0.05, 0.1) is 5.56 Å². The van der Waals surface area contributed by atoms with Gasteiger partial charge in [0.25, 0.3) is 0 Å². The molecule has 0 radical (unpaired) electrons. The largest absolute Gasteiger partial charge is 0.488 e. The van der Waals surface area contributed by atoms with Gasteiger partial charge in [-0.3, -0.25) is 0 Å². The Morgan fingerprint density at radius 2 is 1.75 bits per heavy atom. The van der Waals surface area contributed by atoms with Crippen LogP contribution in [0.5, 0.6) is 0 Å². The van der Waals surface area contributed by atoms with E-state index in [9.17, 15) is 13.2 Å². The molecule has 0 aromatic heterocycles. The van der Waals surface area contributed by atoms with Crippen LogP contribution in [0.4, 0.5) is 13.2 Å². The minimum Gasteiger partial charge on any atom is -0.423 e. The van der Waals surface area contributed by atoms with E-state index in [0.717, 1.165) is 18.2 Å². The summed E-state index contributed by atoms with van der Waals surface area (Å²) in [5, 5.41) is 18.0. The first kappa shape index (κ1) is 13.1. The van der Waals surface area contributed by atoms with E-state index < -0.39 is 18.9 Å². The number of benzene rings is 1. The molecule has 6 heteroatoms. The number of rotatable bonds is 2. The molecule has 0 aliphatic heterocycles. The molecule has 0 bridgehead atoms. The van der Waals surface area contributed by atoms with Crippen molar-refractivity contribution in [2.24, 2.45) is 0 Å². The van der Waals surface area contributed by atoms with Gasteiger partial charge < -0.3 is 10.0 Å². The van der Waals surface area contributed by atoms with Gasteiger partial charge in [-0.2, -0.15) is 13.2 Å². The molecule has 0 spiro atoms. The molecule has 0 amide bonds. The molecule has 0 saturated carbocycles. The molecule has 1 aromatic carbocycles. The summed E-state index contributed by atoms with van der Waals surface area (Å²) in [6.07, 6.45) is -4.41. The average Bonchev–Trinajstić information content (AvgIpc) is 2.15. The fourth-order valence-electron chi connectivity index (χ4n) is 1.49. The molecule has 0 saturated heterocycles. The maximum absolute atomic E-state index is 12.4. The van der Waals surface area contributed by atoms with Gasteiger partial charge in [-0.25, -0.2) is 0 Å². The Bertz CT molecular complexity index is 375. The lowest BCUT2D eigenvalue weighted by Crippen LogP contribution is -2.34. The minimum absolute atomic E-state index is 0.114. The molecule has 0 aliphatic carbocycles. The average molecular weight is 232 g/mol. The predicted molar refractivity (Wildman–Crippen MR) is 55.4 cm³/mol. The molecule has 1 rings (SSSR count). The zero-order chi connectivity index (χ0) is 12.5. The van der Waals surface area contributed by atoms with Crippen molar-refractivity contribution in [1.29, 1.82) is 0 Å². The quantitative estimate of drug-likeness (QED) is 0.758. The van der Waals surface area contributed by atoms with E-state index in [1.54, 1.807) is 13.8 Å². The van der Waals surface area contributed by atoms with Crippen LogP contribution in [-0.4, -0.2) is 17.2 Å². The van der Waals surface area contributed by atoms with E-state index in [1.165, 1.54) is 0 Å². The molecular weight excluding hydrogens is 220 g/mol. The van der Waals surface area contributed by atoms with Gasteiger partial charge in [0, 0.05) is 0 Å². The summed E-state index contributed by atoms with van der Waals surface area (Å²) < 4.78 is 37.3. The fraction of sp³-hybridized carbons (Fsp3) is 0.400. The van der Waals surface area contributed by atoms with E-state index in [1.807, 2.05) is 0 Å². The van der Waals surface area contributed by atoms with Gasteiger partial charge in [-0.1, -0.05) is 26.0 Å². The van der Waals surface area contributed by atoms with Crippen LogP contribution in [0.1, 0.15) is 30.9 Å². The molecular formula is C10H12BF3O2. The Labute approximate surface area is 91.9 Å². The highest BCUT2D eigenvalue weighted by atomic mass is 19.4. The maximum Gasteiger partial charge on any atom is 0.488 e. The topological polar surface area (TPSA) is 40.5 Å². The number of hydrogen-bond donors (Lipinski definition) is 2. The third kappa shape index (κ3) is 2.77. The lowest BCUT2D eigenvalue weighted by Gasteiger charge is -2.15. The summed E-state index contributed by atoms with van der Waals surface area (Å²) in [7, 11) is -1.75. The summed E-state index contributed by atoms with van der Waals surface area (Å²) >= 11 is 0. The summed E-state index contributed by atoms with van der Waals surface area (Å²) in [5.74, 6) is -0.209. The normalized spacial score (nSPS) is 12.0. The van der Waals surface area contributed by atoms with Crippen LogP contribution in [0.3, 0.4) is 0 Å². The highest BCUT2D eigenvalue weighted by Crippen LogP contribution is 2.30. The van der Waals surface area contributed by atoms with Crippen molar-refractivity contribution < 1.29 is 23.2 Å². The van der Waals surface area contributed by atoms with Gasteiger partial charge in [0.1, 0.15) is 0 Å². The highest BCUT2D eigenvalue weighted by Gasteiger charge is 2.32. The standard InChI is InChI=1S/C10H12BF3O2/c1-6(2)8-5-7(10(12,13)14)3-4-9(8)11(15)16/h3-6,15-16H,1-2H3. The van der Waals surface area contributed by atoms with Crippen molar-refractivity contribution in [1.82, 2.24) is 0 Å². The fourth-order valence-corrected chi connectivity index (χ4v) is 1.49. The van der Waals surface area contributed by atoms with Crippen LogP contribution < -0.4 is 5.46 Å². The smallest absolute Gasteiger partial charge is 0.423 e. The Balaban J connectivity index is 3.29. The third-order valence-corrected chi connectivity index (χ3v) is 2.31. The van der Waals surface area contributed by atoms with E-state index in [2.05, 4.69) is 0 Å². The van der Waals surface area contributed by atoms with E-state index >= 15 is 0 Å². The zero-order valence-corrected chi connectivity index (χ0v) is 8.92. The third-order valence-electron chi connectivity index (χ3n) is 2.31. The molecule has 0 heterocycles. The molecule has 0 aliphatic rings. The lowest BCUT2D eigenvalue weighted by molar-refractivity contribution is -0.137. The molecule has 2 N–H and O–H groups in total. The van der Waals surface area contributed by atoms with Gasteiger partial charge in [-0.15, -0.1) is 0 Å². The first-order valence-corrected chi connectivity index (χ1v) is 4.80. The maximum atomic E-state index is 12.4. The SMILES string of the molecule is CC(C)c1cc(C(F)(F)F)ccc1B(O)O. The van der Waals surface area contributed by atoms with Crippen LogP contribution in [0, 0.1) is 0 Å². The van der Waals surface area contributed by atoms with Crippen molar-refractivity contribution in [3.8, 4) is 0 Å². The lowest BCUT2D eigenvalue weighted by atomic mass is 9.74. The van der Waals surface area contributed by atoms with Crippen molar-refractivity contribution in [3.63, 3.8) is 0 Å². The van der Waals surface area contributed by atoms with Crippen LogP contribution in [0.2, 0.25) is 0 Å². The number of hydrogen-bond acceptors (Lipinski definition) is 2. The molecule has 88 valence electrons. The van der Waals surface area contributed by atoms with Gasteiger partial charge in [0.2, 0.25) is 0 Å². The molecule has 0 atom stereocenters. The monoisotopic (exact) mass is 232 g/mol. The van der Waals surface area contributed by atoms with E-state index in [-0.39, 0.29) is 11.4 Å².